The number of carbonyl (C=O) groups excluding carboxylic acids is 1. The van der Waals surface area contributed by atoms with Crippen molar-refractivity contribution in [3.8, 4) is 5.75 Å². The number of carbonyl (C=O) groups is 1. The van der Waals surface area contributed by atoms with E-state index in [1.54, 1.807) is 0 Å². The molecule has 1 aliphatic heterocycles. The predicted octanol–water partition coefficient (Wildman–Crippen LogP) is 3.55. The lowest BCUT2D eigenvalue weighted by molar-refractivity contribution is -0.129. The fourth-order valence-electron chi connectivity index (χ4n) is 3.08. The molecule has 1 aliphatic rings. The predicted molar refractivity (Wildman–Crippen MR) is 125 cm³/mol. The van der Waals surface area contributed by atoms with Gasteiger partial charge in [-0.05, 0) is 37.5 Å². The summed E-state index contributed by atoms with van der Waals surface area (Å²) in [5, 5.41) is 6.76. The van der Waals surface area contributed by atoms with Gasteiger partial charge in [0.25, 0.3) is 0 Å². The van der Waals surface area contributed by atoms with Crippen LogP contribution >= 0.6 is 24.0 Å². The molecule has 1 amide bonds. The Bertz CT molecular complexity index is 624. The molecule has 1 aromatic rings. The van der Waals surface area contributed by atoms with E-state index in [0.717, 1.165) is 62.8 Å². The highest BCUT2D eigenvalue weighted by Gasteiger charge is 2.25. The summed E-state index contributed by atoms with van der Waals surface area (Å²) in [5.41, 5.74) is 1.12. The smallest absolute Gasteiger partial charge is 0.222 e. The first-order valence-corrected chi connectivity index (χ1v) is 10.2. The minimum Gasteiger partial charge on any atom is -0.494 e. The van der Waals surface area contributed by atoms with Crippen molar-refractivity contribution < 1.29 is 9.53 Å². The molecule has 28 heavy (non-hydrogen) atoms. The standard InChI is InChI=1S/C21H34N4O2.HI/c1-4-7-13-27-19-10-8-9-17(14-19)15-23-21(22-6-3)24-18-11-12-25(16-18)20(26)5-2;/h8-10,14,18H,4-7,11-13,15-16H2,1-3H3,(H2,22,23,24);1H. The average molecular weight is 502 g/mol. The Balaban J connectivity index is 0.00000392. The van der Waals surface area contributed by atoms with Crippen LogP contribution in [0.25, 0.3) is 0 Å². The Kier molecular flexibility index (Phi) is 11.9. The van der Waals surface area contributed by atoms with E-state index in [9.17, 15) is 4.79 Å². The van der Waals surface area contributed by atoms with Gasteiger partial charge in [0, 0.05) is 32.1 Å². The van der Waals surface area contributed by atoms with Crippen LogP contribution in [-0.2, 0) is 11.3 Å². The van der Waals surface area contributed by atoms with E-state index in [1.807, 2.05) is 24.0 Å². The second-order valence-electron chi connectivity index (χ2n) is 6.87. The van der Waals surface area contributed by atoms with Crippen LogP contribution in [0.3, 0.4) is 0 Å². The Hall–Kier alpha value is -1.51. The van der Waals surface area contributed by atoms with E-state index in [1.165, 1.54) is 0 Å². The molecule has 0 bridgehead atoms. The molecule has 1 saturated heterocycles. The average Bonchev–Trinajstić information content (AvgIpc) is 3.15. The highest BCUT2D eigenvalue weighted by Crippen LogP contribution is 2.15. The molecular formula is C21H35IN4O2. The van der Waals surface area contributed by atoms with Gasteiger partial charge in [-0.2, -0.15) is 0 Å². The lowest BCUT2D eigenvalue weighted by atomic mass is 10.2. The second kappa shape index (κ2) is 13.6. The molecular weight excluding hydrogens is 467 g/mol. The third-order valence-corrected chi connectivity index (χ3v) is 4.61. The first-order chi connectivity index (χ1) is 13.2. The first kappa shape index (κ1) is 24.5. The number of hydrogen-bond acceptors (Lipinski definition) is 3. The lowest BCUT2D eigenvalue weighted by Crippen LogP contribution is -2.45. The molecule has 0 aromatic heterocycles. The van der Waals surface area contributed by atoms with E-state index < -0.39 is 0 Å². The third kappa shape index (κ3) is 8.24. The van der Waals surface area contributed by atoms with Crippen LogP contribution in [0, 0.1) is 0 Å². The van der Waals surface area contributed by atoms with Crippen LogP contribution in [0.2, 0.25) is 0 Å². The summed E-state index contributed by atoms with van der Waals surface area (Å²) in [7, 11) is 0. The Morgan fingerprint density at radius 2 is 2.14 bits per heavy atom. The number of amides is 1. The van der Waals surface area contributed by atoms with Crippen molar-refractivity contribution >= 4 is 35.8 Å². The normalized spacial score (nSPS) is 16.5. The highest BCUT2D eigenvalue weighted by atomic mass is 127. The van der Waals surface area contributed by atoms with E-state index in [4.69, 9.17) is 9.73 Å². The molecule has 2 rings (SSSR count). The summed E-state index contributed by atoms with van der Waals surface area (Å²) < 4.78 is 5.78. The molecule has 1 heterocycles. The Morgan fingerprint density at radius 3 is 2.86 bits per heavy atom. The van der Waals surface area contributed by atoms with Crippen LogP contribution in [-0.4, -0.2) is 49.0 Å². The summed E-state index contributed by atoms with van der Waals surface area (Å²) in [6, 6.07) is 8.38. The molecule has 1 aromatic carbocycles. The van der Waals surface area contributed by atoms with Gasteiger partial charge >= 0.3 is 0 Å². The number of ether oxygens (including phenoxy) is 1. The van der Waals surface area contributed by atoms with Gasteiger partial charge in [0.1, 0.15) is 5.75 Å². The number of hydrogen-bond donors (Lipinski definition) is 2. The van der Waals surface area contributed by atoms with Crippen molar-refractivity contribution in [1.82, 2.24) is 15.5 Å². The molecule has 0 radical (unpaired) electrons. The van der Waals surface area contributed by atoms with E-state index >= 15 is 0 Å². The van der Waals surface area contributed by atoms with Crippen LogP contribution in [0.1, 0.15) is 52.0 Å². The maximum Gasteiger partial charge on any atom is 0.222 e. The van der Waals surface area contributed by atoms with Gasteiger partial charge in [0.2, 0.25) is 5.91 Å². The summed E-state index contributed by atoms with van der Waals surface area (Å²) in [5.74, 6) is 1.92. The highest BCUT2D eigenvalue weighted by molar-refractivity contribution is 14.0. The number of unbranched alkanes of at least 4 members (excludes halogenated alkanes) is 1. The molecule has 2 N–H and O–H groups in total. The van der Waals surface area contributed by atoms with Gasteiger partial charge in [-0.15, -0.1) is 24.0 Å². The van der Waals surface area contributed by atoms with Gasteiger partial charge in [0.15, 0.2) is 5.96 Å². The largest absolute Gasteiger partial charge is 0.494 e. The van der Waals surface area contributed by atoms with Gasteiger partial charge in [-0.25, -0.2) is 4.99 Å². The van der Waals surface area contributed by atoms with Gasteiger partial charge in [-0.1, -0.05) is 32.4 Å². The van der Waals surface area contributed by atoms with Crippen molar-refractivity contribution in [2.45, 2.75) is 59.0 Å². The zero-order valence-electron chi connectivity index (χ0n) is 17.4. The molecule has 1 fully saturated rings. The SMILES string of the molecule is CCCCOc1cccc(CN=C(NCC)NC2CCN(C(=O)CC)C2)c1.I. The number of benzene rings is 1. The van der Waals surface area contributed by atoms with Crippen molar-refractivity contribution in [2.75, 3.05) is 26.2 Å². The molecule has 0 spiro atoms. The Labute approximate surface area is 186 Å². The third-order valence-electron chi connectivity index (χ3n) is 4.61. The number of aliphatic imine (C=N–C) groups is 1. The maximum absolute atomic E-state index is 11.8. The summed E-state index contributed by atoms with van der Waals surface area (Å²) in [6.07, 6.45) is 3.72. The van der Waals surface area contributed by atoms with Crippen molar-refractivity contribution in [3.05, 3.63) is 29.8 Å². The quantitative estimate of drug-likeness (QED) is 0.235. The first-order valence-electron chi connectivity index (χ1n) is 10.2. The lowest BCUT2D eigenvalue weighted by Gasteiger charge is -2.18. The van der Waals surface area contributed by atoms with Crippen LogP contribution in [0.15, 0.2) is 29.3 Å². The topological polar surface area (TPSA) is 66.0 Å². The number of likely N-dealkylation sites (tertiary alicyclic amines) is 1. The van der Waals surface area contributed by atoms with Crippen LogP contribution < -0.4 is 15.4 Å². The second-order valence-corrected chi connectivity index (χ2v) is 6.87. The Morgan fingerprint density at radius 1 is 1.32 bits per heavy atom. The van der Waals surface area contributed by atoms with Crippen molar-refractivity contribution in [3.63, 3.8) is 0 Å². The van der Waals surface area contributed by atoms with Crippen LogP contribution in [0.5, 0.6) is 5.75 Å². The van der Waals surface area contributed by atoms with Gasteiger partial charge in [-0.3, -0.25) is 4.79 Å². The maximum atomic E-state index is 11.8. The monoisotopic (exact) mass is 502 g/mol. The minimum absolute atomic E-state index is 0. The number of halogens is 1. The molecule has 6 nitrogen and oxygen atoms in total. The summed E-state index contributed by atoms with van der Waals surface area (Å²) in [6.45, 7) is 9.84. The van der Waals surface area contributed by atoms with Gasteiger partial charge < -0.3 is 20.3 Å². The summed E-state index contributed by atoms with van der Waals surface area (Å²) >= 11 is 0. The summed E-state index contributed by atoms with van der Waals surface area (Å²) in [4.78, 5) is 18.5. The fourth-order valence-corrected chi connectivity index (χ4v) is 3.08. The zero-order chi connectivity index (χ0) is 19.5. The van der Waals surface area contributed by atoms with Crippen molar-refractivity contribution in [2.24, 2.45) is 4.99 Å². The van der Waals surface area contributed by atoms with Crippen molar-refractivity contribution in [1.29, 1.82) is 0 Å². The molecule has 1 atom stereocenters. The van der Waals surface area contributed by atoms with E-state index in [2.05, 4.69) is 36.6 Å². The fraction of sp³-hybridized carbons (Fsp3) is 0.619. The number of nitrogens with zero attached hydrogens (tertiary/aromatic N) is 2. The van der Waals surface area contributed by atoms with Gasteiger partial charge in [0.05, 0.1) is 13.2 Å². The molecule has 7 heteroatoms. The molecule has 158 valence electrons. The van der Waals surface area contributed by atoms with E-state index in [-0.39, 0.29) is 35.9 Å². The minimum atomic E-state index is 0. The number of nitrogens with one attached hydrogen (secondary N) is 2. The van der Waals surface area contributed by atoms with E-state index in [0.29, 0.717) is 13.0 Å². The van der Waals surface area contributed by atoms with Crippen LogP contribution in [0.4, 0.5) is 0 Å². The molecule has 0 aliphatic carbocycles. The zero-order valence-corrected chi connectivity index (χ0v) is 19.7. The number of rotatable bonds is 9. The molecule has 1 unspecified atom stereocenters. The number of guanidine groups is 1. The molecule has 0 saturated carbocycles.